The Morgan fingerprint density at radius 3 is 2.11 bits per heavy atom. The highest BCUT2D eigenvalue weighted by Gasteiger charge is 2.31. The van der Waals surface area contributed by atoms with E-state index in [-0.39, 0.29) is 18.0 Å². The number of nitrogens with zero attached hydrogens (tertiary/aromatic N) is 2. The van der Waals surface area contributed by atoms with Crippen LogP contribution in [-0.2, 0) is 4.79 Å². The second kappa shape index (κ2) is 6.26. The van der Waals surface area contributed by atoms with Crippen LogP contribution in [0.1, 0.15) is 39.5 Å². The number of carbonyl (C=O) groups is 2. The van der Waals surface area contributed by atoms with Gasteiger partial charge in [0.2, 0.25) is 5.91 Å². The summed E-state index contributed by atoms with van der Waals surface area (Å²) in [5.74, 6) is 0.433. The lowest BCUT2D eigenvalue weighted by atomic mass is 9.95. The smallest absolute Gasteiger partial charge is 0.317 e. The zero-order valence-electron chi connectivity index (χ0n) is 12.0. The number of likely N-dealkylation sites (tertiary alicyclic amines) is 2. The third-order valence-electron chi connectivity index (χ3n) is 3.96. The third kappa shape index (κ3) is 3.61. The molecule has 0 unspecified atom stereocenters. The molecule has 2 aliphatic heterocycles. The van der Waals surface area contributed by atoms with Gasteiger partial charge in [-0.15, -0.1) is 0 Å². The predicted molar refractivity (Wildman–Crippen MR) is 73.8 cm³/mol. The third-order valence-corrected chi connectivity index (χ3v) is 3.96. The van der Waals surface area contributed by atoms with Crippen molar-refractivity contribution in [2.45, 2.75) is 45.6 Å². The zero-order chi connectivity index (χ0) is 13.8. The first-order valence-electron chi connectivity index (χ1n) is 7.42. The van der Waals surface area contributed by atoms with Crippen molar-refractivity contribution in [3.05, 3.63) is 0 Å². The highest BCUT2D eigenvalue weighted by Crippen LogP contribution is 2.22. The molecule has 0 saturated carbocycles. The van der Waals surface area contributed by atoms with Crippen molar-refractivity contribution < 1.29 is 9.59 Å². The fraction of sp³-hybridized carbons (Fsp3) is 0.857. The van der Waals surface area contributed by atoms with E-state index in [9.17, 15) is 9.59 Å². The van der Waals surface area contributed by atoms with Crippen molar-refractivity contribution in [3.63, 3.8) is 0 Å². The van der Waals surface area contributed by atoms with Gasteiger partial charge in [-0.1, -0.05) is 0 Å². The molecule has 2 aliphatic rings. The van der Waals surface area contributed by atoms with Crippen LogP contribution in [0.4, 0.5) is 4.79 Å². The van der Waals surface area contributed by atoms with Crippen molar-refractivity contribution in [2.75, 3.05) is 26.2 Å². The van der Waals surface area contributed by atoms with Gasteiger partial charge in [0, 0.05) is 38.1 Å². The lowest BCUT2D eigenvalue weighted by Gasteiger charge is -2.33. The average Bonchev–Trinajstić information content (AvgIpc) is 2.91. The molecule has 19 heavy (non-hydrogen) atoms. The van der Waals surface area contributed by atoms with E-state index in [0.29, 0.717) is 19.0 Å². The highest BCUT2D eigenvalue weighted by atomic mass is 16.2. The number of rotatable bonds is 2. The molecular weight excluding hydrogens is 242 g/mol. The van der Waals surface area contributed by atoms with E-state index >= 15 is 0 Å². The van der Waals surface area contributed by atoms with Crippen LogP contribution >= 0.6 is 0 Å². The van der Waals surface area contributed by atoms with Gasteiger partial charge in [0.05, 0.1) is 0 Å². The molecule has 3 amide bonds. The van der Waals surface area contributed by atoms with Gasteiger partial charge in [0.1, 0.15) is 0 Å². The Labute approximate surface area is 115 Å². The Morgan fingerprint density at radius 2 is 1.58 bits per heavy atom. The van der Waals surface area contributed by atoms with Crippen LogP contribution < -0.4 is 5.32 Å². The standard InChI is InChI=1S/C14H25N3O2/c1-11(2)15-14(19)17-9-5-12(6-10-17)13(18)16-7-3-4-8-16/h11-12H,3-10H2,1-2H3,(H,15,19). The Morgan fingerprint density at radius 1 is 1.00 bits per heavy atom. The molecule has 108 valence electrons. The summed E-state index contributed by atoms with van der Waals surface area (Å²) in [7, 11) is 0. The zero-order valence-corrected chi connectivity index (χ0v) is 12.0. The van der Waals surface area contributed by atoms with Gasteiger partial charge in [-0.3, -0.25) is 4.79 Å². The maximum absolute atomic E-state index is 12.3. The lowest BCUT2D eigenvalue weighted by Crippen LogP contribution is -2.48. The van der Waals surface area contributed by atoms with E-state index in [4.69, 9.17) is 0 Å². The molecule has 1 N–H and O–H groups in total. The van der Waals surface area contributed by atoms with Gasteiger partial charge >= 0.3 is 6.03 Å². The first kappa shape index (κ1) is 14.2. The summed E-state index contributed by atoms with van der Waals surface area (Å²) in [6.07, 6.45) is 3.89. The van der Waals surface area contributed by atoms with Crippen molar-refractivity contribution in [3.8, 4) is 0 Å². The highest BCUT2D eigenvalue weighted by molar-refractivity contribution is 5.80. The molecule has 0 aromatic heterocycles. The van der Waals surface area contributed by atoms with Gasteiger partial charge in [-0.25, -0.2) is 4.79 Å². The summed E-state index contributed by atoms with van der Waals surface area (Å²) in [5, 5.41) is 2.90. The second-order valence-electron chi connectivity index (χ2n) is 5.90. The molecule has 2 heterocycles. The Hall–Kier alpha value is -1.26. The number of hydrogen-bond acceptors (Lipinski definition) is 2. The van der Waals surface area contributed by atoms with Crippen molar-refractivity contribution >= 4 is 11.9 Å². The lowest BCUT2D eigenvalue weighted by molar-refractivity contribution is -0.135. The summed E-state index contributed by atoms with van der Waals surface area (Å²) in [5.41, 5.74) is 0. The first-order valence-corrected chi connectivity index (χ1v) is 7.42. The number of hydrogen-bond donors (Lipinski definition) is 1. The molecule has 0 aliphatic carbocycles. The van der Waals surface area contributed by atoms with E-state index in [1.165, 1.54) is 0 Å². The van der Waals surface area contributed by atoms with Crippen molar-refractivity contribution in [2.24, 2.45) is 5.92 Å². The summed E-state index contributed by atoms with van der Waals surface area (Å²) in [6, 6.07) is 0.165. The number of carbonyl (C=O) groups excluding carboxylic acids is 2. The maximum atomic E-state index is 12.3. The molecule has 0 atom stereocenters. The van der Waals surface area contributed by atoms with Crippen molar-refractivity contribution in [1.82, 2.24) is 15.1 Å². The number of nitrogens with one attached hydrogen (secondary N) is 1. The Kier molecular flexibility index (Phi) is 4.66. The van der Waals surface area contributed by atoms with E-state index in [2.05, 4.69) is 5.32 Å². The summed E-state index contributed by atoms with van der Waals surface area (Å²) in [4.78, 5) is 27.9. The van der Waals surface area contributed by atoms with Crippen LogP contribution in [0.2, 0.25) is 0 Å². The Balaban J connectivity index is 1.78. The molecule has 0 bridgehead atoms. The van der Waals surface area contributed by atoms with Crippen LogP contribution in [0.25, 0.3) is 0 Å². The van der Waals surface area contributed by atoms with Gasteiger partial charge in [-0.05, 0) is 39.5 Å². The normalized spacial score (nSPS) is 21.0. The van der Waals surface area contributed by atoms with Gasteiger partial charge in [-0.2, -0.15) is 0 Å². The van der Waals surface area contributed by atoms with E-state index in [1.807, 2.05) is 23.6 Å². The minimum Gasteiger partial charge on any atom is -0.342 e. The minimum absolute atomic E-state index is 0.00192. The van der Waals surface area contributed by atoms with E-state index < -0.39 is 0 Å². The average molecular weight is 267 g/mol. The molecule has 5 nitrogen and oxygen atoms in total. The SMILES string of the molecule is CC(C)NC(=O)N1CCC(C(=O)N2CCCC2)CC1. The number of urea groups is 1. The van der Waals surface area contributed by atoms with Gasteiger partial charge < -0.3 is 15.1 Å². The molecule has 0 radical (unpaired) electrons. The van der Waals surface area contributed by atoms with Crippen LogP contribution in [0.3, 0.4) is 0 Å². The van der Waals surface area contributed by atoms with Crippen LogP contribution in [0.15, 0.2) is 0 Å². The molecule has 2 saturated heterocycles. The fourth-order valence-electron chi connectivity index (χ4n) is 2.86. The van der Waals surface area contributed by atoms with Gasteiger partial charge in [0.25, 0.3) is 0 Å². The maximum Gasteiger partial charge on any atom is 0.317 e. The van der Waals surface area contributed by atoms with Crippen LogP contribution in [-0.4, -0.2) is 54.0 Å². The Bertz CT molecular complexity index is 330. The summed E-state index contributed by atoms with van der Waals surface area (Å²) >= 11 is 0. The quantitative estimate of drug-likeness (QED) is 0.823. The van der Waals surface area contributed by atoms with Crippen LogP contribution in [0, 0.1) is 5.92 Å². The topological polar surface area (TPSA) is 52.7 Å². The molecule has 2 rings (SSSR count). The first-order chi connectivity index (χ1) is 9.08. The minimum atomic E-state index is 0.00192. The summed E-state index contributed by atoms with van der Waals surface area (Å²) in [6.45, 7) is 7.16. The monoisotopic (exact) mass is 267 g/mol. The summed E-state index contributed by atoms with van der Waals surface area (Å²) < 4.78 is 0. The molecule has 2 fully saturated rings. The van der Waals surface area contributed by atoms with Crippen LogP contribution in [0.5, 0.6) is 0 Å². The largest absolute Gasteiger partial charge is 0.342 e. The molecule has 0 spiro atoms. The predicted octanol–water partition coefficient (Wildman–Crippen LogP) is 1.44. The second-order valence-corrected chi connectivity index (χ2v) is 5.90. The fourth-order valence-corrected chi connectivity index (χ4v) is 2.86. The van der Waals surface area contributed by atoms with Gasteiger partial charge in [0.15, 0.2) is 0 Å². The molecule has 0 aromatic carbocycles. The molecular formula is C14H25N3O2. The molecule has 5 heteroatoms. The molecule has 0 aromatic rings. The number of piperidine rings is 1. The number of amides is 3. The van der Waals surface area contributed by atoms with E-state index in [1.54, 1.807) is 0 Å². The van der Waals surface area contributed by atoms with E-state index in [0.717, 1.165) is 38.8 Å². The van der Waals surface area contributed by atoms with Crippen molar-refractivity contribution in [1.29, 1.82) is 0 Å².